The molecule has 0 atom stereocenters. The Balaban J connectivity index is 0.00000289. The minimum atomic E-state index is -4.42. The number of nitrogens with two attached hydrogens (primary N) is 1. The molecule has 0 saturated heterocycles. The van der Waals surface area contributed by atoms with Crippen molar-refractivity contribution in [1.29, 1.82) is 0 Å². The molecule has 0 aliphatic carbocycles. The summed E-state index contributed by atoms with van der Waals surface area (Å²) in [6, 6.07) is 3.67. The Morgan fingerprint density at radius 1 is 1.39 bits per heavy atom. The van der Waals surface area contributed by atoms with E-state index in [-0.39, 0.29) is 36.6 Å². The van der Waals surface area contributed by atoms with Gasteiger partial charge in [-0.1, -0.05) is 6.07 Å². The molecule has 0 aromatic heterocycles. The maximum absolute atomic E-state index is 12.6. The van der Waals surface area contributed by atoms with Crippen molar-refractivity contribution >= 4 is 24.0 Å². The number of hydrogen-bond donors (Lipinski definition) is 2. The molecule has 0 bridgehead atoms. The molecule has 7 heteroatoms. The highest BCUT2D eigenvalue weighted by Gasteiger charge is 2.32. The smallest absolute Gasteiger partial charge is 0.330 e. The number of anilines is 1. The first-order chi connectivity index (χ1) is 7.86. The summed E-state index contributed by atoms with van der Waals surface area (Å²) >= 11 is 0. The highest BCUT2D eigenvalue weighted by molar-refractivity contribution is 5.91. The van der Waals surface area contributed by atoms with Crippen LogP contribution in [0.1, 0.15) is 17.5 Å². The molecule has 1 aromatic carbocycles. The van der Waals surface area contributed by atoms with Crippen LogP contribution in [-0.2, 0) is 11.0 Å². The Labute approximate surface area is 109 Å². The van der Waals surface area contributed by atoms with Crippen molar-refractivity contribution in [1.82, 2.24) is 0 Å². The number of hydrogen-bond acceptors (Lipinski definition) is 2. The lowest BCUT2D eigenvalue weighted by atomic mass is 10.1. The quantitative estimate of drug-likeness (QED) is 0.895. The van der Waals surface area contributed by atoms with Crippen molar-refractivity contribution in [3.8, 4) is 0 Å². The molecule has 0 radical (unpaired) electrons. The molecule has 102 valence electrons. The van der Waals surface area contributed by atoms with Crippen molar-refractivity contribution in [2.75, 3.05) is 11.9 Å². The maximum Gasteiger partial charge on any atom is 0.416 e. The van der Waals surface area contributed by atoms with Crippen molar-refractivity contribution in [3.05, 3.63) is 29.3 Å². The highest BCUT2D eigenvalue weighted by atomic mass is 35.5. The molecule has 0 aliphatic rings. The zero-order chi connectivity index (χ0) is 13.1. The first kappa shape index (κ1) is 16.7. The second-order valence-corrected chi connectivity index (χ2v) is 3.56. The van der Waals surface area contributed by atoms with E-state index in [0.717, 1.165) is 6.07 Å². The van der Waals surface area contributed by atoms with E-state index in [4.69, 9.17) is 5.73 Å². The van der Waals surface area contributed by atoms with Gasteiger partial charge in [-0.25, -0.2) is 0 Å². The van der Waals surface area contributed by atoms with Crippen LogP contribution in [0.4, 0.5) is 18.9 Å². The molecule has 0 fully saturated rings. The van der Waals surface area contributed by atoms with Crippen LogP contribution < -0.4 is 11.1 Å². The number of carbonyl (C=O) groups excluding carboxylic acids is 1. The summed E-state index contributed by atoms with van der Waals surface area (Å²) in [5.74, 6) is -0.394. The van der Waals surface area contributed by atoms with Gasteiger partial charge in [0.2, 0.25) is 5.91 Å². The van der Waals surface area contributed by atoms with Crippen molar-refractivity contribution < 1.29 is 18.0 Å². The van der Waals surface area contributed by atoms with Crippen LogP contribution in [0.5, 0.6) is 0 Å². The fourth-order valence-corrected chi connectivity index (χ4v) is 1.42. The molecule has 1 amide bonds. The van der Waals surface area contributed by atoms with Crippen molar-refractivity contribution in [3.63, 3.8) is 0 Å². The fraction of sp³-hybridized carbons (Fsp3) is 0.364. The van der Waals surface area contributed by atoms with Crippen LogP contribution in [0, 0.1) is 6.92 Å². The Morgan fingerprint density at radius 3 is 2.50 bits per heavy atom. The average Bonchev–Trinajstić information content (AvgIpc) is 2.19. The third kappa shape index (κ3) is 4.19. The summed E-state index contributed by atoms with van der Waals surface area (Å²) in [7, 11) is 0. The van der Waals surface area contributed by atoms with Gasteiger partial charge in [0.25, 0.3) is 0 Å². The van der Waals surface area contributed by atoms with Gasteiger partial charge in [-0.3, -0.25) is 4.79 Å². The molecule has 0 heterocycles. The van der Waals surface area contributed by atoms with Gasteiger partial charge >= 0.3 is 6.18 Å². The lowest BCUT2D eigenvalue weighted by Gasteiger charge is -2.14. The molecule has 0 spiro atoms. The van der Waals surface area contributed by atoms with Crippen LogP contribution in [0.3, 0.4) is 0 Å². The van der Waals surface area contributed by atoms with E-state index in [1.165, 1.54) is 19.1 Å². The third-order valence-electron chi connectivity index (χ3n) is 2.28. The van der Waals surface area contributed by atoms with Crippen LogP contribution >= 0.6 is 12.4 Å². The molecule has 1 rings (SSSR count). The average molecular weight is 283 g/mol. The van der Waals surface area contributed by atoms with Gasteiger partial charge in [0.1, 0.15) is 0 Å². The van der Waals surface area contributed by atoms with E-state index in [2.05, 4.69) is 5.32 Å². The second kappa shape index (κ2) is 6.61. The zero-order valence-electron chi connectivity index (χ0n) is 9.67. The molecular formula is C11H14ClF3N2O. The Kier molecular flexibility index (Phi) is 6.14. The van der Waals surface area contributed by atoms with Crippen molar-refractivity contribution in [2.45, 2.75) is 19.5 Å². The normalized spacial score (nSPS) is 10.7. The van der Waals surface area contributed by atoms with Gasteiger partial charge in [0, 0.05) is 18.7 Å². The summed E-state index contributed by atoms with van der Waals surface area (Å²) in [5, 5.41) is 2.40. The summed E-state index contributed by atoms with van der Waals surface area (Å²) in [6.45, 7) is 1.48. The van der Waals surface area contributed by atoms with Gasteiger partial charge in [-0.05, 0) is 24.6 Å². The molecule has 18 heavy (non-hydrogen) atoms. The first-order valence-corrected chi connectivity index (χ1v) is 5.03. The standard InChI is InChI=1S/C11H13F3N2O.ClH/c1-7-8(11(12,13)14)3-2-4-9(7)16-10(17)5-6-15;/h2-4H,5-6,15H2,1H3,(H,16,17);1H. The lowest BCUT2D eigenvalue weighted by Crippen LogP contribution is -2.18. The van der Waals surface area contributed by atoms with Gasteiger partial charge < -0.3 is 11.1 Å². The van der Waals surface area contributed by atoms with Crippen LogP contribution in [0.15, 0.2) is 18.2 Å². The Morgan fingerprint density at radius 2 is 2.00 bits per heavy atom. The van der Waals surface area contributed by atoms with E-state index in [1.807, 2.05) is 0 Å². The third-order valence-corrected chi connectivity index (χ3v) is 2.28. The van der Waals surface area contributed by atoms with E-state index in [0.29, 0.717) is 0 Å². The van der Waals surface area contributed by atoms with Crippen LogP contribution in [0.25, 0.3) is 0 Å². The minimum Gasteiger partial charge on any atom is -0.330 e. The van der Waals surface area contributed by atoms with Crippen LogP contribution in [0.2, 0.25) is 0 Å². The summed E-state index contributed by atoms with van der Waals surface area (Å²) in [6.07, 6.45) is -4.34. The number of amides is 1. The van der Waals surface area contributed by atoms with E-state index < -0.39 is 17.6 Å². The highest BCUT2D eigenvalue weighted by Crippen LogP contribution is 2.34. The predicted octanol–water partition coefficient (Wildman–Crippen LogP) is 2.72. The molecular weight excluding hydrogens is 269 g/mol. The Bertz CT molecular complexity index is 421. The van der Waals surface area contributed by atoms with E-state index in [1.54, 1.807) is 0 Å². The second-order valence-electron chi connectivity index (χ2n) is 3.56. The predicted molar refractivity (Wildman–Crippen MR) is 65.7 cm³/mol. The maximum atomic E-state index is 12.6. The lowest BCUT2D eigenvalue weighted by molar-refractivity contribution is -0.138. The molecule has 3 nitrogen and oxygen atoms in total. The van der Waals surface area contributed by atoms with E-state index in [9.17, 15) is 18.0 Å². The molecule has 3 N–H and O–H groups in total. The number of alkyl halides is 3. The van der Waals surface area contributed by atoms with Crippen molar-refractivity contribution in [2.24, 2.45) is 5.73 Å². The van der Waals surface area contributed by atoms with Crippen LogP contribution in [-0.4, -0.2) is 12.5 Å². The van der Waals surface area contributed by atoms with Gasteiger partial charge in [-0.2, -0.15) is 13.2 Å². The molecule has 0 saturated carbocycles. The number of benzene rings is 1. The monoisotopic (exact) mass is 282 g/mol. The summed E-state index contributed by atoms with van der Waals surface area (Å²) < 4.78 is 37.7. The molecule has 0 unspecified atom stereocenters. The summed E-state index contributed by atoms with van der Waals surface area (Å²) in [4.78, 5) is 11.3. The summed E-state index contributed by atoms with van der Waals surface area (Å²) in [5.41, 5.74) is 4.60. The zero-order valence-corrected chi connectivity index (χ0v) is 10.5. The first-order valence-electron chi connectivity index (χ1n) is 5.03. The van der Waals surface area contributed by atoms with E-state index >= 15 is 0 Å². The number of rotatable bonds is 3. The van der Waals surface area contributed by atoms with Gasteiger partial charge in [0.05, 0.1) is 5.56 Å². The molecule has 1 aromatic rings. The van der Waals surface area contributed by atoms with Gasteiger partial charge in [-0.15, -0.1) is 12.4 Å². The molecule has 0 aliphatic heterocycles. The number of nitrogens with one attached hydrogen (secondary N) is 1. The fourth-order valence-electron chi connectivity index (χ4n) is 1.42. The topological polar surface area (TPSA) is 55.1 Å². The minimum absolute atomic E-state index is 0. The number of carbonyl (C=O) groups is 1. The Hall–Kier alpha value is -1.27. The van der Waals surface area contributed by atoms with Gasteiger partial charge in [0.15, 0.2) is 0 Å². The number of halogens is 4. The SMILES string of the molecule is Cc1c(NC(=O)CCN)cccc1C(F)(F)F.Cl. The largest absolute Gasteiger partial charge is 0.416 e.